The topological polar surface area (TPSA) is 0 Å². The van der Waals surface area contributed by atoms with Crippen molar-refractivity contribution in [1.82, 2.24) is 0 Å². The van der Waals surface area contributed by atoms with Gasteiger partial charge in [0.25, 0.3) is 0 Å². The highest BCUT2D eigenvalue weighted by atomic mass is 14.5. The van der Waals surface area contributed by atoms with Gasteiger partial charge in [0.15, 0.2) is 0 Å². The lowest BCUT2D eigenvalue weighted by molar-refractivity contribution is 0.121. The Morgan fingerprint density at radius 1 is 1.25 bits per heavy atom. The van der Waals surface area contributed by atoms with Gasteiger partial charge in [-0.1, -0.05) is 6.42 Å². The largest absolute Gasteiger partial charge is 0.0525 e. The van der Waals surface area contributed by atoms with Crippen LogP contribution in [0, 0.1) is 18.3 Å². The Balaban J connectivity index is 2.14. The maximum absolute atomic E-state index is 4.24. The molecule has 45 valence electrons. The van der Waals surface area contributed by atoms with Crippen LogP contribution in [-0.2, 0) is 0 Å². The van der Waals surface area contributed by atoms with Crippen LogP contribution in [0.2, 0.25) is 0 Å². The highest BCUT2D eigenvalue weighted by Crippen LogP contribution is 2.56. The lowest BCUT2D eigenvalue weighted by Gasteiger charge is -2.41. The van der Waals surface area contributed by atoms with Crippen molar-refractivity contribution in [3.63, 3.8) is 0 Å². The summed E-state index contributed by atoms with van der Waals surface area (Å²) in [6.07, 6.45) is 7.23. The van der Waals surface area contributed by atoms with E-state index in [9.17, 15) is 0 Å². The van der Waals surface area contributed by atoms with Crippen LogP contribution in [0.5, 0.6) is 0 Å². The average molecular weight is 109 g/mol. The number of fused-ring (bicyclic) bond motifs is 1. The summed E-state index contributed by atoms with van der Waals surface area (Å²) in [5.41, 5.74) is 0.583. The van der Waals surface area contributed by atoms with Gasteiger partial charge in [-0.25, -0.2) is 0 Å². The molecule has 0 aromatic rings. The lowest BCUT2D eigenvalue weighted by Crippen LogP contribution is -2.32. The molecule has 2 fully saturated rings. The second kappa shape index (κ2) is 1.29. The summed E-state index contributed by atoms with van der Waals surface area (Å²) in [4.78, 5) is 0. The third-order valence-corrected chi connectivity index (χ3v) is 3.08. The van der Waals surface area contributed by atoms with Crippen molar-refractivity contribution in [3.05, 3.63) is 6.92 Å². The zero-order valence-electron chi connectivity index (χ0n) is 5.32. The third kappa shape index (κ3) is 0.416. The summed E-state index contributed by atoms with van der Waals surface area (Å²) in [6, 6.07) is 0. The quantitative estimate of drug-likeness (QED) is 0.448. The number of hydrogen-bond donors (Lipinski definition) is 0. The second-order valence-corrected chi connectivity index (χ2v) is 3.49. The van der Waals surface area contributed by atoms with E-state index in [0.29, 0.717) is 5.41 Å². The van der Waals surface area contributed by atoms with Crippen LogP contribution in [0.4, 0.5) is 0 Å². The summed E-state index contributed by atoms with van der Waals surface area (Å²) in [7, 11) is 0. The van der Waals surface area contributed by atoms with E-state index in [4.69, 9.17) is 0 Å². The van der Waals surface area contributed by atoms with E-state index in [1.165, 1.54) is 32.1 Å². The molecule has 0 heteroatoms. The molecule has 0 amide bonds. The summed E-state index contributed by atoms with van der Waals surface area (Å²) >= 11 is 0. The summed E-state index contributed by atoms with van der Waals surface area (Å²) in [5.74, 6) is 1.03. The molecule has 2 rings (SSSR count). The van der Waals surface area contributed by atoms with Gasteiger partial charge in [-0.2, -0.15) is 0 Å². The van der Waals surface area contributed by atoms with Crippen molar-refractivity contribution < 1.29 is 0 Å². The molecule has 2 saturated carbocycles. The molecule has 0 N–H and O–H groups in total. The minimum Gasteiger partial charge on any atom is -0.0525 e. The van der Waals surface area contributed by atoms with Crippen LogP contribution in [0.1, 0.15) is 32.1 Å². The average Bonchev–Trinajstić information content (AvgIpc) is 1.94. The molecular weight excluding hydrogens is 96.1 g/mol. The Morgan fingerprint density at radius 2 is 2.12 bits per heavy atom. The van der Waals surface area contributed by atoms with Gasteiger partial charge >= 0.3 is 0 Å². The first-order valence-electron chi connectivity index (χ1n) is 3.67. The molecule has 0 saturated heterocycles. The zero-order valence-corrected chi connectivity index (χ0v) is 5.32. The van der Waals surface area contributed by atoms with Crippen molar-refractivity contribution in [1.29, 1.82) is 0 Å². The Kier molecular flexibility index (Phi) is 0.778. The fourth-order valence-corrected chi connectivity index (χ4v) is 2.24. The Labute approximate surface area is 51.3 Å². The minimum atomic E-state index is 0.583. The Morgan fingerprint density at radius 3 is 2.38 bits per heavy atom. The molecule has 0 aromatic heterocycles. The number of hydrogen-bond acceptors (Lipinski definition) is 0. The van der Waals surface area contributed by atoms with E-state index < -0.39 is 0 Å². The first-order chi connectivity index (χ1) is 3.81. The monoisotopic (exact) mass is 109 g/mol. The first kappa shape index (κ1) is 4.84. The van der Waals surface area contributed by atoms with Crippen molar-refractivity contribution in [2.75, 3.05) is 0 Å². The van der Waals surface area contributed by atoms with Gasteiger partial charge in [0.2, 0.25) is 0 Å². The van der Waals surface area contributed by atoms with E-state index in [2.05, 4.69) is 6.92 Å². The zero-order chi connectivity index (χ0) is 5.61. The molecule has 2 atom stereocenters. The molecule has 0 nitrogen and oxygen atoms in total. The number of rotatable bonds is 0. The van der Waals surface area contributed by atoms with E-state index in [-0.39, 0.29) is 0 Å². The van der Waals surface area contributed by atoms with Crippen molar-refractivity contribution >= 4 is 0 Å². The van der Waals surface area contributed by atoms with Crippen LogP contribution in [0.3, 0.4) is 0 Å². The lowest BCUT2D eigenvalue weighted by atomic mass is 9.64. The maximum Gasteiger partial charge on any atom is -0.0269 e. The molecule has 2 unspecified atom stereocenters. The molecule has 2 aliphatic carbocycles. The third-order valence-electron chi connectivity index (χ3n) is 3.08. The predicted octanol–water partition coefficient (Wildman–Crippen LogP) is 2.40. The van der Waals surface area contributed by atoms with Crippen LogP contribution >= 0.6 is 0 Å². The van der Waals surface area contributed by atoms with E-state index in [1.807, 2.05) is 0 Å². The molecular formula is C8H13. The van der Waals surface area contributed by atoms with Crippen molar-refractivity contribution in [2.45, 2.75) is 32.1 Å². The molecule has 0 heterocycles. The standard InChI is InChI=1S/C8H13/c1-8-5-2-3-7(8)4-6-8/h7H,1-6H2. The molecule has 0 aromatic carbocycles. The highest BCUT2D eigenvalue weighted by molar-refractivity contribution is 5.01. The maximum atomic E-state index is 4.24. The molecule has 0 aliphatic heterocycles. The summed E-state index contributed by atoms with van der Waals surface area (Å²) in [5, 5.41) is 0. The second-order valence-electron chi connectivity index (χ2n) is 3.49. The molecule has 0 spiro atoms. The predicted molar refractivity (Wildman–Crippen MR) is 34.4 cm³/mol. The van der Waals surface area contributed by atoms with Crippen molar-refractivity contribution in [2.24, 2.45) is 11.3 Å². The summed E-state index contributed by atoms with van der Waals surface area (Å²) in [6.45, 7) is 4.24. The van der Waals surface area contributed by atoms with Gasteiger partial charge < -0.3 is 0 Å². The van der Waals surface area contributed by atoms with E-state index >= 15 is 0 Å². The van der Waals surface area contributed by atoms with Gasteiger partial charge in [-0.15, -0.1) is 0 Å². The molecule has 0 bridgehead atoms. The smallest absolute Gasteiger partial charge is 0.0269 e. The van der Waals surface area contributed by atoms with Gasteiger partial charge in [0.1, 0.15) is 0 Å². The van der Waals surface area contributed by atoms with Crippen LogP contribution in [0.25, 0.3) is 0 Å². The van der Waals surface area contributed by atoms with Gasteiger partial charge in [0, 0.05) is 0 Å². The van der Waals surface area contributed by atoms with E-state index in [1.54, 1.807) is 0 Å². The Hall–Kier alpha value is 0. The van der Waals surface area contributed by atoms with E-state index in [0.717, 1.165) is 5.92 Å². The summed E-state index contributed by atoms with van der Waals surface area (Å²) < 4.78 is 0. The SMILES string of the molecule is [CH2]C12CCCC1CC2. The van der Waals surface area contributed by atoms with Crippen LogP contribution in [0.15, 0.2) is 0 Å². The molecule has 8 heavy (non-hydrogen) atoms. The molecule has 2 aliphatic rings. The highest BCUT2D eigenvalue weighted by Gasteiger charge is 2.45. The fourth-order valence-electron chi connectivity index (χ4n) is 2.24. The normalized spacial score (nSPS) is 52.9. The van der Waals surface area contributed by atoms with Gasteiger partial charge in [-0.3, -0.25) is 0 Å². The fraction of sp³-hybridized carbons (Fsp3) is 0.875. The van der Waals surface area contributed by atoms with Gasteiger partial charge in [-0.05, 0) is 43.9 Å². The first-order valence-corrected chi connectivity index (χ1v) is 3.67. The van der Waals surface area contributed by atoms with Crippen LogP contribution < -0.4 is 0 Å². The minimum absolute atomic E-state index is 0.583. The van der Waals surface area contributed by atoms with Crippen molar-refractivity contribution in [3.8, 4) is 0 Å². The van der Waals surface area contributed by atoms with Gasteiger partial charge in [0.05, 0.1) is 0 Å². The Bertz CT molecular complexity index is 107. The molecule has 1 radical (unpaired) electrons. The van der Waals surface area contributed by atoms with Crippen LogP contribution in [-0.4, -0.2) is 0 Å².